The summed E-state index contributed by atoms with van der Waals surface area (Å²) < 4.78 is 1.34. The molecule has 0 bridgehead atoms. The number of carbonyl (C=O) groups excluding carboxylic acids is 1. The number of hydrogen-bond acceptors (Lipinski definition) is 4. The number of carbonyl (C=O) groups is 2. The summed E-state index contributed by atoms with van der Waals surface area (Å²) in [6.07, 6.45) is 3.64. The number of amides is 1. The van der Waals surface area contributed by atoms with Crippen LogP contribution in [0.1, 0.15) is 23.3 Å². The summed E-state index contributed by atoms with van der Waals surface area (Å²) in [5, 5.41) is 15.6. The van der Waals surface area contributed by atoms with E-state index < -0.39 is 5.97 Å². The predicted molar refractivity (Wildman–Crippen MR) is 89.0 cm³/mol. The van der Waals surface area contributed by atoms with Crippen molar-refractivity contribution < 1.29 is 14.7 Å². The van der Waals surface area contributed by atoms with Crippen molar-refractivity contribution in [1.29, 1.82) is 0 Å². The van der Waals surface area contributed by atoms with E-state index >= 15 is 0 Å². The van der Waals surface area contributed by atoms with E-state index in [4.69, 9.17) is 5.11 Å². The Labute approximate surface area is 139 Å². The highest BCUT2D eigenvalue weighted by atomic mass is 16.4. The topological polar surface area (TPSA) is 87.5 Å². The Kier molecular flexibility index (Phi) is 4.79. The molecule has 1 saturated heterocycles. The SMILES string of the molecule is O=C(Cn1ccc(C(=O)O)n1)NCC1CCCN1c1ccccc1. The van der Waals surface area contributed by atoms with Crippen LogP contribution in [0.15, 0.2) is 42.6 Å². The highest BCUT2D eigenvalue weighted by Crippen LogP contribution is 2.24. The number of rotatable bonds is 6. The molecule has 2 aromatic rings. The van der Waals surface area contributed by atoms with E-state index in [2.05, 4.69) is 27.4 Å². The normalized spacial score (nSPS) is 17.0. The van der Waals surface area contributed by atoms with Gasteiger partial charge in [-0.15, -0.1) is 0 Å². The largest absolute Gasteiger partial charge is 0.476 e. The van der Waals surface area contributed by atoms with Crippen LogP contribution in [-0.2, 0) is 11.3 Å². The van der Waals surface area contributed by atoms with Gasteiger partial charge in [-0.1, -0.05) is 18.2 Å². The van der Waals surface area contributed by atoms with Crippen molar-refractivity contribution >= 4 is 17.6 Å². The van der Waals surface area contributed by atoms with E-state index in [0.717, 1.165) is 19.4 Å². The lowest BCUT2D eigenvalue weighted by Gasteiger charge is -2.27. The third-order valence-electron chi connectivity index (χ3n) is 4.17. The Morgan fingerprint density at radius 2 is 2.04 bits per heavy atom. The summed E-state index contributed by atoms with van der Waals surface area (Å²) in [5.41, 5.74) is 1.11. The van der Waals surface area contributed by atoms with Gasteiger partial charge in [0.2, 0.25) is 5.91 Å². The van der Waals surface area contributed by atoms with Crippen molar-refractivity contribution in [2.75, 3.05) is 18.0 Å². The maximum Gasteiger partial charge on any atom is 0.356 e. The number of carboxylic acid groups (broad SMARTS) is 1. The molecular formula is C17H20N4O3. The first kappa shape index (κ1) is 16.0. The summed E-state index contributed by atoms with van der Waals surface area (Å²) in [6, 6.07) is 11.8. The lowest BCUT2D eigenvalue weighted by atomic mass is 10.2. The van der Waals surface area contributed by atoms with Crippen molar-refractivity contribution in [2.24, 2.45) is 0 Å². The molecule has 1 amide bonds. The smallest absolute Gasteiger partial charge is 0.356 e. The molecule has 1 aliphatic heterocycles. The van der Waals surface area contributed by atoms with E-state index in [1.165, 1.54) is 22.6 Å². The number of carboxylic acids is 1. The molecule has 1 aromatic carbocycles. The van der Waals surface area contributed by atoms with Crippen LogP contribution in [0, 0.1) is 0 Å². The summed E-state index contributed by atoms with van der Waals surface area (Å²) in [6.45, 7) is 1.58. The third kappa shape index (κ3) is 3.73. The standard InChI is InChI=1S/C17H20N4O3/c22-16(12-20-10-8-15(19-20)17(23)24)18-11-14-7-4-9-21(14)13-5-2-1-3-6-13/h1-3,5-6,8,10,14H,4,7,9,11-12H2,(H,18,22)(H,23,24). The Hall–Kier alpha value is -2.83. The molecule has 1 atom stereocenters. The van der Waals surface area contributed by atoms with Crippen LogP contribution >= 0.6 is 0 Å². The van der Waals surface area contributed by atoms with E-state index in [1.807, 2.05) is 18.2 Å². The Bertz CT molecular complexity index is 714. The third-order valence-corrected chi connectivity index (χ3v) is 4.17. The quantitative estimate of drug-likeness (QED) is 0.836. The highest BCUT2D eigenvalue weighted by molar-refractivity contribution is 5.85. The minimum atomic E-state index is -1.10. The first-order valence-corrected chi connectivity index (χ1v) is 7.98. The number of nitrogens with one attached hydrogen (secondary N) is 1. The van der Waals surface area contributed by atoms with E-state index in [-0.39, 0.29) is 24.2 Å². The first-order valence-electron chi connectivity index (χ1n) is 7.98. The molecule has 3 rings (SSSR count). The highest BCUT2D eigenvalue weighted by Gasteiger charge is 2.24. The molecule has 1 aliphatic rings. The second kappa shape index (κ2) is 7.16. The minimum Gasteiger partial charge on any atom is -0.476 e. The molecule has 24 heavy (non-hydrogen) atoms. The zero-order valence-corrected chi connectivity index (χ0v) is 13.3. The van der Waals surface area contributed by atoms with Crippen LogP contribution in [-0.4, -0.2) is 45.9 Å². The summed E-state index contributed by atoms with van der Waals surface area (Å²) in [7, 11) is 0. The number of nitrogens with zero attached hydrogens (tertiary/aromatic N) is 3. The van der Waals surface area contributed by atoms with Crippen molar-refractivity contribution in [3.8, 4) is 0 Å². The average molecular weight is 328 g/mol. The molecule has 0 saturated carbocycles. The Morgan fingerprint density at radius 3 is 2.75 bits per heavy atom. The van der Waals surface area contributed by atoms with Crippen LogP contribution in [0.3, 0.4) is 0 Å². The van der Waals surface area contributed by atoms with Crippen LogP contribution in [0.5, 0.6) is 0 Å². The molecule has 0 radical (unpaired) electrons. The molecule has 126 valence electrons. The number of aromatic carboxylic acids is 1. The van der Waals surface area contributed by atoms with Crippen LogP contribution < -0.4 is 10.2 Å². The predicted octanol–water partition coefficient (Wildman–Crippen LogP) is 1.37. The van der Waals surface area contributed by atoms with Gasteiger partial charge in [0.1, 0.15) is 6.54 Å². The van der Waals surface area contributed by atoms with Crippen molar-refractivity contribution in [1.82, 2.24) is 15.1 Å². The second-order valence-corrected chi connectivity index (χ2v) is 5.83. The maximum absolute atomic E-state index is 12.1. The van der Waals surface area contributed by atoms with Gasteiger partial charge in [0, 0.05) is 31.0 Å². The van der Waals surface area contributed by atoms with Crippen molar-refractivity contribution in [3.05, 3.63) is 48.3 Å². The number of hydrogen-bond donors (Lipinski definition) is 2. The van der Waals surface area contributed by atoms with E-state index in [1.54, 1.807) is 0 Å². The van der Waals surface area contributed by atoms with E-state index in [9.17, 15) is 9.59 Å². The molecule has 0 aliphatic carbocycles. The lowest BCUT2D eigenvalue weighted by Crippen LogP contribution is -2.41. The van der Waals surface area contributed by atoms with E-state index in [0.29, 0.717) is 6.54 Å². The summed E-state index contributed by atoms with van der Waals surface area (Å²) in [4.78, 5) is 25.2. The Morgan fingerprint density at radius 1 is 1.25 bits per heavy atom. The van der Waals surface area contributed by atoms with Gasteiger partial charge in [-0.25, -0.2) is 4.79 Å². The fourth-order valence-corrected chi connectivity index (χ4v) is 3.01. The molecule has 0 spiro atoms. The molecular weight excluding hydrogens is 308 g/mol. The van der Waals surface area contributed by atoms with Gasteiger partial charge in [-0.05, 0) is 31.0 Å². The maximum atomic E-state index is 12.1. The number of anilines is 1. The minimum absolute atomic E-state index is 0.0192. The van der Waals surface area contributed by atoms with Crippen molar-refractivity contribution in [3.63, 3.8) is 0 Å². The molecule has 1 fully saturated rings. The summed E-state index contributed by atoms with van der Waals surface area (Å²) in [5.74, 6) is -1.27. The zero-order chi connectivity index (χ0) is 16.9. The molecule has 2 heterocycles. The molecule has 7 nitrogen and oxygen atoms in total. The number of para-hydroxylation sites is 1. The Balaban J connectivity index is 1.52. The molecule has 2 N–H and O–H groups in total. The second-order valence-electron chi connectivity index (χ2n) is 5.83. The number of aromatic nitrogens is 2. The fourth-order valence-electron chi connectivity index (χ4n) is 3.01. The van der Waals surface area contributed by atoms with Gasteiger partial charge in [0.05, 0.1) is 0 Å². The fraction of sp³-hybridized carbons (Fsp3) is 0.353. The number of benzene rings is 1. The lowest BCUT2D eigenvalue weighted by molar-refractivity contribution is -0.121. The van der Waals surface area contributed by atoms with Crippen LogP contribution in [0.4, 0.5) is 5.69 Å². The molecule has 7 heteroatoms. The molecule has 1 aromatic heterocycles. The van der Waals surface area contributed by atoms with Crippen LogP contribution in [0.2, 0.25) is 0 Å². The zero-order valence-electron chi connectivity index (χ0n) is 13.3. The van der Waals surface area contributed by atoms with Gasteiger partial charge < -0.3 is 15.3 Å². The monoisotopic (exact) mass is 328 g/mol. The average Bonchev–Trinajstić information content (AvgIpc) is 3.23. The van der Waals surface area contributed by atoms with Gasteiger partial charge in [-0.2, -0.15) is 5.10 Å². The van der Waals surface area contributed by atoms with Gasteiger partial charge >= 0.3 is 5.97 Å². The van der Waals surface area contributed by atoms with Crippen molar-refractivity contribution in [2.45, 2.75) is 25.4 Å². The first-order chi connectivity index (χ1) is 11.6. The summed E-state index contributed by atoms with van der Waals surface area (Å²) >= 11 is 0. The van der Waals surface area contributed by atoms with Gasteiger partial charge in [-0.3, -0.25) is 9.48 Å². The van der Waals surface area contributed by atoms with Gasteiger partial charge in [0.15, 0.2) is 5.69 Å². The van der Waals surface area contributed by atoms with Crippen LogP contribution in [0.25, 0.3) is 0 Å². The van der Waals surface area contributed by atoms with Gasteiger partial charge in [0.25, 0.3) is 0 Å². The molecule has 1 unspecified atom stereocenters.